The third kappa shape index (κ3) is 55.1. The van der Waals surface area contributed by atoms with Gasteiger partial charge in [-0.3, -0.25) is 14.4 Å². The highest BCUT2D eigenvalue weighted by molar-refractivity contribution is 5.71. The van der Waals surface area contributed by atoms with Crippen molar-refractivity contribution < 1.29 is 28.6 Å². The molecular formula is C62H118O6. The number of rotatable bonds is 57. The van der Waals surface area contributed by atoms with Crippen LogP contribution in [0.25, 0.3) is 0 Å². The fourth-order valence-electron chi connectivity index (χ4n) is 9.38. The Morgan fingerprint density at radius 2 is 0.485 bits per heavy atom. The number of carbonyl (C=O) groups is 3. The molecule has 0 aliphatic carbocycles. The van der Waals surface area contributed by atoms with Crippen LogP contribution in [0.3, 0.4) is 0 Å². The molecule has 0 saturated carbocycles. The van der Waals surface area contributed by atoms with Crippen LogP contribution in [0.4, 0.5) is 0 Å². The lowest BCUT2D eigenvalue weighted by molar-refractivity contribution is -0.167. The van der Waals surface area contributed by atoms with Crippen molar-refractivity contribution in [3.8, 4) is 0 Å². The van der Waals surface area contributed by atoms with Gasteiger partial charge in [0.1, 0.15) is 13.2 Å². The topological polar surface area (TPSA) is 78.9 Å². The maximum atomic E-state index is 12.9. The van der Waals surface area contributed by atoms with Crippen molar-refractivity contribution in [1.29, 1.82) is 0 Å². The molecule has 0 amide bonds. The Labute approximate surface area is 424 Å². The normalized spacial score (nSPS) is 12.0. The minimum Gasteiger partial charge on any atom is -0.462 e. The predicted octanol–water partition coefficient (Wildman–Crippen LogP) is 20.5. The Hall–Kier alpha value is -1.85. The van der Waals surface area contributed by atoms with Crippen molar-refractivity contribution in [2.45, 2.75) is 354 Å². The van der Waals surface area contributed by atoms with Crippen LogP contribution in [0.5, 0.6) is 0 Å². The molecule has 0 aromatic heterocycles. The van der Waals surface area contributed by atoms with Crippen molar-refractivity contribution in [1.82, 2.24) is 0 Å². The van der Waals surface area contributed by atoms with Gasteiger partial charge in [0.25, 0.3) is 0 Å². The van der Waals surface area contributed by atoms with Gasteiger partial charge >= 0.3 is 17.9 Å². The minimum atomic E-state index is -0.765. The van der Waals surface area contributed by atoms with E-state index >= 15 is 0 Å². The van der Waals surface area contributed by atoms with E-state index in [2.05, 4.69) is 32.9 Å². The van der Waals surface area contributed by atoms with Gasteiger partial charge in [0, 0.05) is 19.3 Å². The molecule has 68 heavy (non-hydrogen) atoms. The van der Waals surface area contributed by atoms with Gasteiger partial charge in [0.2, 0.25) is 0 Å². The zero-order chi connectivity index (χ0) is 49.3. The van der Waals surface area contributed by atoms with Crippen LogP contribution in [-0.4, -0.2) is 37.2 Å². The van der Waals surface area contributed by atoms with Crippen LogP contribution in [0.2, 0.25) is 0 Å². The van der Waals surface area contributed by atoms with E-state index in [0.717, 1.165) is 57.8 Å². The first kappa shape index (κ1) is 66.2. The molecule has 0 radical (unpaired) electrons. The van der Waals surface area contributed by atoms with Crippen LogP contribution in [0.15, 0.2) is 12.2 Å². The van der Waals surface area contributed by atoms with Gasteiger partial charge in [-0.15, -0.1) is 0 Å². The van der Waals surface area contributed by atoms with Gasteiger partial charge < -0.3 is 14.2 Å². The number of unbranched alkanes of at least 4 members (excludes halogenated alkanes) is 44. The number of carbonyl (C=O) groups excluding carboxylic acids is 3. The molecule has 6 heteroatoms. The summed E-state index contributed by atoms with van der Waals surface area (Å²) in [4.78, 5) is 38.2. The fourth-order valence-corrected chi connectivity index (χ4v) is 9.38. The van der Waals surface area contributed by atoms with Crippen LogP contribution in [-0.2, 0) is 28.6 Å². The summed E-state index contributed by atoms with van der Waals surface area (Å²) in [5, 5.41) is 0. The molecular weight excluding hydrogens is 841 g/mol. The summed E-state index contributed by atoms with van der Waals surface area (Å²) < 4.78 is 16.9. The Balaban J connectivity index is 4.27. The largest absolute Gasteiger partial charge is 0.462 e. The number of ether oxygens (including phenoxy) is 3. The second kappa shape index (κ2) is 57.7. The van der Waals surface area contributed by atoms with Crippen LogP contribution < -0.4 is 0 Å². The van der Waals surface area contributed by atoms with Crippen molar-refractivity contribution in [3.05, 3.63) is 12.2 Å². The summed E-state index contributed by atoms with van der Waals surface area (Å²) in [6.07, 6.45) is 66.4. The molecule has 0 bridgehead atoms. The molecule has 0 fully saturated rings. The van der Waals surface area contributed by atoms with E-state index in [-0.39, 0.29) is 31.1 Å². The lowest BCUT2D eigenvalue weighted by Gasteiger charge is -2.18. The summed E-state index contributed by atoms with van der Waals surface area (Å²) in [6, 6.07) is 0. The highest BCUT2D eigenvalue weighted by Gasteiger charge is 2.19. The van der Waals surface area contributed by atoms with E-state index in [0.29, 0.717) is 19.3 Å². The highest BCUT2D eigenvalue weighted by Crippen LogP contribution is 2.17. The first-order valence-electron chi connectivity index (χ1n) is 30.7. The minimum absolute atomic E-state index is 0.0642. The molecule has 0 aromatic carbocycles. The summed E-state index contributed by atoms with van der Waals surface area (Å²) in [7, 11) is 0. The Kier molecular flexibility index (Phi) is 56.2. The second-order valence-corrected chi connectivity index (χ2v) is 21.0. The summed E-state index contributed by atoms with van der Waals surface area (Å²) in [5.41, 5.74) is 0. The Bertz CT molecular complexity index is 1060. The maximum absolute atomic E-state index is 12.9. The van der Waals surface area contributed by atoms with E-state index in [1.165, 1.54) is 250 Å². The molecule has 0 rings (SSSR count). The number of allylic oxidation sites excluding steroid dienone is 2. The molecule has 0 aliphatic rings. The highest BCUT2D eigenvalue weighted by atomic mass is 16.6. The quantitative estimate of drug-likeness (QED) is 0.0262. The second-order valence-electron chi connectivity index (χ2n) is 21.0. The molecule has 0 aliphatic heterocycles. The van der Waals surface area contributed by atoms with Gasteiger partial charge in [-0.2, -0.15) is 0 Å². The monoisotopic (exact) mass is 959 g/mol. The molecule has 0 heterocycles. The summed E-state index contributed by atoms with van der Waals surface area (Å²) in [5.74, 6) is -0.839. The average molecular weight is 960 g/mol. The van der Waals surface area contributed by atoms with Gasteiger partial charge in [0.15, 0.2) is 6.10 Å². The van der Waals surface area contributed by atoms with Gasteiger partial charge in [-0.1, -0.05) is 296 Å². The van der Waals surface area contributed by atoms with E-state index < -0.39 is 6.10 Å². The fraction of sp³-hybridized carbons (Fsp3) is 0.919. The first-order valence-corrected chi connectivity index (χ1v) is 30.7. The van der Waals surface area contributed by atoms with Crippen LogP contribution in [0, 0.1) is 0 Å². The molecule has 402 valence electrons. The average Bonchev–Trinajstić information content (AvgIpc) is 3.34. The Morgan fingerprint density at radius 1 is 0.279 bits per heavy atom. The maximum Gasteiger partial charge on any atom is 0.306 e. The summed E-state index contributed by atoms with van der Waals surface area (Å²) >= 11 is 0. The lowest BCUT2D eigenvalue weighted by Crippen LogP contribution is -2.30. The molecule has 0 N–H and O–H groups in total. The van der Waals surface area contributed by atoms with E-state index in [9.17, 15) is 14.4 Å². The van der Waals surface area contributed by atoms with Crippen molar-refractivity contribution in [2.75, 3.05) is 13.2 Å². The number of hydrogen-bond acceptors (Lipinski definition) is 6. The van der Waals surface area contributed by atoms with Gasteiger partial charge in [-0.05, 0) is 44.9 Å². The van der Waals surface area contributed by atoms with E-state index in [4.69, 9.17) is 14.2 Å². The van der Waals surface area contributed by atoms with Crippen LogP contribution >= 0.6 is 0 Å². The van der Waals surface area contributed by atoms with Gasteiger partial charge in [-0.25, -0.2) is 0 Å². The molecule has 1 unspecified atom stereocenters. The van der Waals surface area contributed by atoms with Crippen molar-refractivity contribution in [3.63, 3.8) is 0 Å². The SMILES string of the molecule is CCCCCCCCCC/C=C\CCCCCCCCCCCC(=O)OCC(COC(=O)CCCCCCCCCCCCCCC)OC(=O)CCCCCCCCCCCCCCCCCC. The molecule has 6 nitrogen and oxygen atoms in total. The molecule has 1 atom stereocenters. The number of hydrogen-bond donors (Lipinski definition) is 0. The zero-order valence-electron chi connectivity index (χ0n) is 46.2. The standard InChI is InChI=1S/C62H118O6/c1-4-7-10-13-16-19-22-25-27-29-30-31-32-33-35-37-40-43-46-49-52-55-61(64)67-58-59(57-66-60(63)54-51-48-45-42-39-36-24-21-18-15-12-9-6-3)68-62(65)56-53-50-47-44-41-38-34-28-26-23-20-17-14-11-8-5-2/h29-30,59H,4-28,31-58H2,1-3H3/b30-29-. The molecule has 0 aromatic rings. The summed E-state index contributed by atoms with van der Waals surface area (Å²) in [6.45, 7) is 6.70. The predicted molar refractivity (Wildman–Crippen MR) is 293 cm³/mol. The molecule has 0 spiro atoms. The third-order valence-electron chi connectivity index (χ3n) is 14.0. The van der Waals surface area contributed by atoms with E-state index in [1.54, 1.807) is 0 Å². The van der Waals surface area contributed by atoms with Crippen molar-refractivity contribution >= 4 is 17.9 Å². The molecule has 0 saturated heterocycles. The Morgan fingerprint density at radius 3 is 0.735 bits per heavy atom. The van der Waals surface area contributed by atoms with Gasteiger partial charge in [0.05, 0.1) is 0 Å². The zero-order valence-corrected chi connectivity index (χ0v) is 46.2. The van der Waals surface area contributed by atoms with Crippen molar-refractivity contribution in [2.24, 2.45) is 0 Å². The number of esters is 3. The third-order valence-corrected chi connectivity index (χ3v) is 14.0. The van der Waals surface area contributed by atoms with E-state index in [1.807, 2.05) is 0 Å². The lowest BCUT2D eigenvalue weighted by atomic mass is 10.0. The van der Waals surface area contributed by atoms with Crippen LogP contribution in [0.1, 0.15) is 348 Å². The smallest absolute Gasteiger partial charge is 0.306 e. The first-order chi connectivity index (χ1) is 33.5.